The van der Waals surface area contributed by atoms with E-state index < -0.39 is 0 Å². The van der Waals surface area contributed by atoms with Crippen LogP contribution in [0, 0.1) is 0 Å². The number of anilines is 1. The average Bonchev–Trinajstić information content (AvgIpc) is 2.73. The van der Waals surface area contributed by atoms with Crippen LogP contribution in [0.25, 0.3) is 11.2 Å². The summed E-state index contributed by atoms with van der Waals surface area (Å²) in [4.78, 5) is 13.6. The molecule has 3 rings (SSSR count). The molecular weight excluding hydrogens is 214 g/mol. The highest BCUT2D eigenvalue weighted by Gasteiger charge is 2.17. The molecule has 1 saturated heterocycles. The maximum atomic E-state index is 4.46. The Morgan fingerprint density at radius 1 is 1.06 bits per heavy atom. The first-order valence-corrected chi connectivity index (χ1v) is 5.95. The Bertz CT molecular complexity index is 525. The highest BCUT2D eigenvalue weighted by atomic mass is 15.3. The zero-order chi connectivity index (χ0) is 11.8. The summed E-state index contributed by atoms with van der Waals surface area (Å²) in [6.07, 6.45) is 3.70. The molecule has 0 aromatic carbocycles. The van der Waals surface area contributed by atoms with Crippen molar-refractivity contribution in [3.8, 4) is 0 Å². The van der Waals surface area contributed by atoms with Gasteiger partial charge in [0.25, 0.3) is 0 Å². The monoisotopic (exact) mass is 231 g/mol. The number of fused-ring (bicyclic) bond motifs is 1. The van der Waals surface area contributed by atoms with Gasteiger partial charge in [-0.15, -0.1) is 0 Å². The zero-order valence-electron chi connectivity index (χ0n) is 10.3. The fourth-order valence-corrected chi connectivity index (χ4v) is 2.32. The summed E-state index contributed by atoms with van der Waals surface area (Å²) in [5, 5.41) is 0. The molecule has 0 amide bonds. The van der Waals surface area contributed by atoms with Crippen LogP contribution >= 0.6 is 0 Å². The van der Waals surface area contributed by atoms with E-state index in [1.165, 1.54) is 5.69 Å². The molecule has 5 nitrogen and oxygen atoms in total. The second-order valence-electron chi connectivity index (χ2n) is 4.65. The fourth-order valence-electron chi connectivity index (χ4n) is 2.32. The van der Waals surface area contributed by atoms with Gasteiger partial charge in [-0.2, -0.15) is 0 Å². The molecular formula is C12H17N5. The van der Waals surface area contributed by atoms with Crippen LogP contribution in [0.2, 0.25) is 0 Å². The number of pyridine rings is 1. The van der Waals surface area contributed by atoms with E-state index in [4.69, 9.17) is 0 Å². The molecule has 0 N–H and O–H groups in total. The van der Waals surface area contributed by atoms with Gasteiger partial charge in [0.15, 0.2) is 5.65 Å². The molecule has 5 heteroatoms. The molecule has 17 heavy (non-hydrogen) atoms. The molecule has 3 heterocycles. The largest absolute Gasteiger partial charge is 0.367 e. The van der Waals surface area contributed by atoms with Gasteiger partial charge < -0.3 is 14.4 Å². The van der Waals surface area contributed by atoms with E-state index in [-0.39, 0.29) is 0 Å². The minimum atomic E-state index is 0.960. The Labute approximate surface area is 101 Å². The summed E-state index contributed by atoms with van der Waals surface area (Å²) < 4.78 is 1.97. The highest BCUT2D eigenvalue weighted by Crippen LogP contribution is 2.24. The molecule has 0 atom stereocenters. The first-order valence-electron chi connectivity index (χ1n) is 5.95. The Balaban J connectivity index is 2.00. The van der Waals surface area contributed by atoms with Crippen LogP contribution in [-0.2, 0) is 7.05 Å². The normalized spacial score (nSPS) is 17.9. The first kappa shape index (κ1) is 10.5. The number of piperazine rings is 1. The molecule has 0 bridgehead atoms. The average molecular weight is 231 g/mol. The number of aromatic nitrogens is 3. The zero-order valence-corrected chi connectivity index (χ0v) is 10.3. The van der Waals surface area contributed by atoms with Crippen LogP contribution in [0.3, 0.4) is 0 Å². The predicted molar refractivity (Wildman–Crippen MR) is 68.2 cm³/mol. The van der Waals surface area contributed by atoms with Crippen LogP contribution in [0.4, 0.5) is 5.69 Å². The van der Waals surface area contributed by atoms with Crippen molar-refractivity contribution in [1.82, 2.24) is 19.4 Å². The number of hydrogen-bond donors (Lipinski definition) is 0. The Morgan fingerprint density at radius 3 is 2.59 bits per heavy atom. The van der Waals surface area contributed by atoms with Gasteiger partial charge in [0.1, 0.15) is 5.52 Å². The Hall–Kier alpha value is -1.62. The van der Waals surface area contributed by atoms with Crippen LogP contribution in [0.5, 0.6) is 0 Å². The summed E-state index contributed by atoms with van der Waals surface area (Å²) in [7, 11) is 4.15. The maximum Gasteiger partial charge on any atom is 0.161 e. The second kappa shape index (κ2) is 4.00. The van der Waals surface area contributed by atoms with Gasteiger partial charge in [-0.1, -0.05) is 0 Å². The Morgan fingerprint density at radius 2 is 1.82 bits per heavy atom. The van der Waals surface area contributed by atoms with Gasteiger partial charge in [-0.25, -0.2) is 9.97 Å². The first-order chi connectivity index (χ1) is 8.25. The minimum Gasteiger partial charge on any atom is -0.367 e. The number of aryl methyl sites for hydroxylation is 1. The van der Waals surface area contributed by atoms with E-state index in [1.807, 2.05) is 24.1 Å². The van der Waals surface area contributed by atoms with E-state index >= 15 is 0 Å². The van der Waals surface area contributed by atoms with Crippen molar-refractivity contribution in [2.75, 3.05) is 38.1 Å². The van der Waals surface area contributed by atoms with Crippen molar-refractivity contribution in [1.29, 1.82) is 0 Å². The summed E-state index contributed by atoms with van der Waals surface area (Å²) in [5.41, 5.74) is 3.18. The number of rotatable bonds is 1. The number of imidazole rings is 1. The number of hydrogen-bond acceptors (Lipinski definition) is 4. The number of likely N-dealkylation sites (N-methyl/N-ethyl adjacent to an activating group) is 1. The van der Waals surface area contributed by atoms with Crippen molar-refractivity contribution in [2.45, 2.75) is 0 Å². The van der Waals surface area contributed by atoms with Crippen molar-refractivity contribution in [2.24, 2.45) is 7.05 Å². The highest BCUT2D eigenvalue weighted by molar-refractivity contribution is 5.86. The third-order valence-electron chi connectivity index (χ3n) is 3.42. The molecule has 2 aromatic heterocycles. The van der Waals surface area contributed by atoms with Gasteiger partial charge in [0.05, 0.1) is 12.0 Å². The van der Waals surface area contributed by atoms with Gasteiger partial charge >= 0.3 is 0 Å². The van der Waals surface area contributed by atoms with Gasteiger partial charge in [-0.3, -0.25) is 0 Å². The van der Waals surface area contributed by atoms with Crippen LogP contribution in [0.15, 0.2) is 18.6 Å². The fraction of sp³-hybridized carbons (Fsp3) is 0.500. The number of nitrogens with zero attached hydrogens (tertiary/aromatic N) is 5. The summed E-state index contributed by atoms with van der Waals surface area (Å²) in [5.74, 6) is 0. The summed E-state index contributed by atoms with van der Waals surface area (Å²) >= 11 is 0. The Kier molecular flexibility index (Phi) is 2.48. The molecule has 0 spiro atoms. The van der Waals surface area contributed by atoms with Crippen molar-refractivity contribution < 1.29 is 0 Å². The lowest BCUT2D eigenvalue weighted by Crippen LogP contribution is -2.44. The lowest BCUT2D eigenvalue weighted by Gasteiger charge is -2.34. The lowest BCUT2D eigenvalue weighted by atomic mass is 10.2. The smallest absolute Gasteiger partial charge is 0.161 e. The van der Waals surface area contributed by atoms with Crippen molar-refractivity contribution in [3.05, 3.63) is 18.6 Å². The minimum absolute atomic E-state index is 0.960. The van der Waals surface area contributed by atoms with E-state index in [2.05, 4.69) is 32.9 Å². The van der Waals surface area contributed by atoms with Crippen LogP contribution in [-0.4, -0.2) is 52.7 Å². The predicted octanol–water partition coefficient (Wildman–Crippen LogP) is 0.720. The van der Waals surface area contributed by atoms with Gasteiger partial charge in [0.2, 0.25) is 0 Å². The molecule has 0 saturated carbocycles. The van der Waals surface area contributed by atoms with E-state index in [0.717, 1.165) is 37.3 Å². The maximum absolute atomic E-state index is 4.46. The molecule has 1 aliphatic heterocycles. The molecule has 1 aliphatic rings. The SMILES string of the molecule is CN1CCN(c2ccnc3c2ncn3C)CC1. The quantitative estimate of drug-likeness (QED) is 0.725. The van der Waals surface area contributed by atoms with E-state index in [1.54, 1.807) is 0 Å². The van der Waals surface area contributed by atoms with E-state index in [9.17, 15) is 0 Å². The second-order valence-corrected chi connectivity index (χ2v) is 4.65. The lowest BCUT2D eigenvalue weighted by molar-refractivity contribution is 0.313. The summed E-state index contributed by atoms with van der Waals surface area (Å²) in [6.45, 7) is 4.34. The molecule has 1 fully saturated rings. The molecule has 0 unspecified atom stereocenters. The van der Waals surface area contributed by atoms with E-state index in [0.29, 0.717) is 0 Å². The van der Waals surface area contributed by atoms with Gasteiger partial charge in [-0.05, 0) is 13.1 Å². The van der Waals surface area contributed by atoms with Gasteiger partial charge in [0, 0.05) is 39.4 Å². The van der Waals surface area contributed by atoms with Crippen LogP contribution < -0.4 is 4.90 Å². The topological polar surface area (TPSA) is 37.2 Å². The molecule has 0 aliphatic carbocycles. The molecule has 0 radical (unpaired) electrons. The van der Waals surface area contributed by atoms with Crippen LogP contribution in [0.1, 0.15) is 0 Å². The van der Waals surface area contributed by atoms with Crippen molar-refractivity contribution >= 4 is 16.9 Å². The molecule has 90 valence electrons. The standard InChI is InChI=1S/C12H17N5/c1-15-5-7-17(8-6-15)10-3-4-13-12-11(10)14-9-16(12)2/h3-4,9H,5-8H2,1-2H3. The summed E-state index contributed by atoms with van der Waals surface area (Å²) in [6, 6.07) is 2.07. The molecule has 2 aromatic rings. The third kappa shape index (κ3) is 1.76. The van der Waals surface area contributed by atoms with Crippen molar-refractivity contribution in [3.63, 3.8) is 0 Å². The third-order valence-corrected chi connectivity index (χ3v) is 3.42.